The molecule has 2 aromatic rings. The van der Waals surface area contributed by atoms with Crippen molar-refractivity contribution in [3.63, 3.8) is 0 Å². The minimum Gasteiger partial charge on any atom is -0.343 e. The van der Waals surface area contributed by atoms with E-state index in [4.69, 9.17) is 4.18 Å². The van der Waals surface area contributed by atoms with Gasteiger partial charge < -0.3 is 9.47 Å². The molecule has 0 bridgehead atoms. The van der Waals surface area contributed by atoms with E-state index >= 15 is 0 Å². The van der Waals surface area contributed by atoms with Gasteiger partial charge in [-0.2, -0.15) is 8.42 Å². The summed E-state index contributed by atoms with van der Waals surface area (Å²) in [5, 5.41) is 0.854. The van der Waals surface area contributed by atoms with E-state index in [1.807, 2.05) is 23.3 Å². The van der Waals surface area contributed by atoms with Crippen LogP contribution in [-0.2, 0) is 25.6 Å². The van der Waals surface area contributed by atoms with E-state index in [1.54, 1.807) is 6.07 Å². The molecule has 1 aromatic heterocycles. The van der Waals surface area contributed by atoms with Gasteiger partial charge in [0, 0.05) is 30.7 Å². The molecule has 1 aromatic carbocycles. The van der Waals surface area contributed by atoms with E-state index in [2.05, 4.69) is 22.6 Å². The second-order valence-electron chi connectivity index (χ2n) is 7.25. The number of rotatable bonds is 7. The van der Waals surface area contributed by atoms with Gasteiger partial charge in [0.15, 0.2) is 0 Å². The Kier molecular flexibility index (Phi) is 6.89. The molecule has 3 rings (SSSR count). The van der Waals surface area contributed by atoms with Gasteiger partial charge in [-0.25, -0.2) is 4.39 Å². The van der Waals surface area contributed by atoms with Crippen LogP contribution in [0.15, 0.2) is 18.2 Å². The number of alkyl halides is 1. The van der Waals surface area contributed by atoms with Crippen LogP contribution < -0.4 is 0 Å². The molecule has 2 unspecified atom stereocenters. The molecule has 0 saturated carbocycles. The number of nitrogens with zero attached hydrogens (tertiary/aromatic N) is 2. The first-order chi connectivity index (χ1) is 13.7. The molecule has 9 heteroatoms. The number of carbonyl (C=O) groups is 1. The second kappa shape index (κ2) is 8.89. The molecule has 0 radical (unpaired) electrons. The third-order valence-corrected chi connectivity index (χ3v) is 7.25. The van der Waals surface area contributed by atoms with Gasteiger partial charge in [-0.1, -0.05) is 22.6 Å². The van der Waals surface area contributed by atoms with Gasteiger partial charge >= 0.3 is 0 Å². The zero-order valence-corrected chi connectivity index (χ0v) is 19.8. The predicted molar refractivity (Wildman–Crippen MR) is 119 cm³/mol. The van der Waals surface area contributed by atoms with E-state index in [0.29, 0.717) is 18.6 Å². The lowest BCUT2D eigenvalue weighted by Crippen LogP contribution is -2.36. The van der Waals surface area contributed by atoms with Gasteiger partial charge in [-0.05, 0) is 50.5 Å². The molecule has 6 nitrogen and oxygen atoms in total. The lowest BCUT2D eigenvalue weighted by atomic mass is 9.84. The molecule has 0 aliphatic heterocycles. The summed E-state index contributed by atoms with van der Waals surface area (Å²) >= 11 is 2.36. The maximum absolute atomic E-state index is 14.1. The number of likely N-dealkylation sites (N-methyl/N-ethyl adjacent to an activating group) is 1. The number of amides is 1. The van der Waals surface area contributed by atoms with E-state index in [0.717, 1.165) is 35.7 Å². The highest BCUT2D eigenvalue weighted by Crippen LogP contribution is 2.47. The first-order valence-electron chi connectivity index (χ1n) is 9.76. The standard InChI is InChI=1S/C20H26FIN2O4S/c1-4-23(5-2)20(25)15-8-9-16(22)19-18(15)14-7-6-13(21)12-17(14)24(19)10-11-28-29(3,26)27/h6-7,12,15-16H,4-5,8-11H2,1-3H3. The minimum atomic E-state index is -3.57. The number of benzene rings is 1. The maximum atomic E-state index is 14.1. The van der Waals surface area contributed by atoms with Crippen molar-refractivity contribution in [2.45, 2.75) is 43.1 Å². The normalized spacial score (nSPS) is 19.3. The van der Waals surface area contributed by atoms with Crippen molar-refractivity contribution in [3.8, 4) is 0 Å². The number of carbonyl (C=O) groups excluding carboxylic acids is 1. The maximum Gasteiger partial charge on any atom is 0.264 e. The highest BCUT2D eigenvalue weighted by molar-refractivity contribution is 14.1. The molecule has 0 N–H and O–H groups in total. The summed E-state index contributed by atoms with van der Waals surface area (Å²) in [4.78, 5) is 15.1. The number of hydrogen-bond donors (Lipinski definition) is 0. The fraction of sp³-hybridized carbons (Fsp3) is 0.550. The summed E-state index contributed by atoms with van der Waals surface area (Å²) in [6, 6.07) is 4.60. The Balaban J connectivity index is 2.14. The third kappa shape index (κ3) is 4.61. The Morgan fingerprint density at radius 3 is 2.62 bits per heavy atom. The zero-order chi connectivity index (χ0) is 21.3. The van der Waals surface area contributed by atoms with Crippen LogP contribution in [0.2, 0.25) is 0 Å². The molecule has 160 valence electrons. The average molecular weight is 536 g/mol. The van der Waals surface area contributed by atoms with Crippen LogP contribution in [-0.4, -0.2) is 49.7 Å². The van der Waals surface area contributed by atoms with Crippen molar-refractivity contribution < 1.29 is 21.8 Å². The van der Waals surface area contributed by atoms with E-state index in [-0.39, 0.29) is 34.7 Å². The summed E-state index contributed by atoms with van der Waals surface area (Å²) in [5.74, 6) is -0.550. The van der Waals surface area contributed by atoms with Crippen LogP contribution in [0.5, 0.6) is 0 Å². The van der Waals surface area contributed by atoms with E-state index in [9.17, 15) is 17.6 Å². The Labute approximate surface area is 184 Å². The van der Waals surface area contributed by atoms with Crippen LogP contribution in [0.25, 0.3) is 10.9 Å². The summed E-state index contributed by atoms with van der Waals surface area (Å²) < 4.78 is 43.8. The minimum absolute atomic E-state index is 0.0381. The first-order valence-corrected chi connectivity index (χ1v) is 12.8. The SMILES string of the molecule is CCN(CC)C(=O)C1CCC(I)c2c1c1ccc(F)cc1n2CCOS(C)(=O)=O. The number of hydrogen-bond acceptors (Lipinski definition) is 4. The summed E-state index contributed by atoms with van der Waals surface area (Å²) in [6.45, 7) is 5.45. The molecule has 1 aliphatic carbocycles. The fourth-order valence-corrected chi connectivity index (χ4v) is 5.60. The van der Waals surface area contributed by atoms with Crippen LogP contribution in [0, 0.1) is 5.82 Å². The van der Waals surface area contributed by atoms with Crippen molar-refractivity contribution in [3.05, 3.63) is 35.3 Å². The van der Waals surface area contributed by atoms with Gasteiger partial charge in [0.2, 0.25) is 5.91 Å². The monoisotopic (exact) mass is 536 g/mol. The molecule has 29 heavy (non-hydrogen) atoms. The number of aromatic nitrogens is 1. The topological polar surface area (TPSA) is 68.6 Å². The Bertz CT molecular complexity index is 1020. The van der Waals surface area contributed by atoms with Crippen molar-refractivity contribution in [2.24, 2.45) is 0 Å². The Hall–Kier alpha value is -1.20. The molecule has 2 atom stereocenters. The predicted octanol–water partition coefficient (Wildman–Crippen LogP) is 3.98. The molecule has 0 fully saturated rings. The van der Waals surface area contributed by atoms with Crippen LogP contribution >= 0.6 is 22.6 Å². The van der Waals surface area contributed by atoms with Gasteiger partial charge in [-0.3, -0.25) is 8.98 Å². The fourth-order valence-electron chi connectivity index (χ4n) is 4.19. The summed E-state index contributed by atoms with van der Waals surface area (Å²) in [7, 11) is -3.57. The molecule has 1 heterocycles. The molecule has 0 spiro atoms. The molecular formula is C20H26FIN2O4S. The lowest BCUT2D eigenvalue weighted by molar-refractivity contribution is -0.132. The van der Waals surface area contributed by atoms with Crippen molar-refractivity contribution in [1.29, 1.82) is 0 Å². The molecule has 1 amide bonds. The zero-order valence-electron chi connectivity index (χ0n) is 16.8. The summed E-state index contributed by atoms with van der Waals surface area (Å²) in [5.41, 5.74) is 2.59. The van der Waals surface area contributed by atoms with Crippen molar-refractivity contribution in [1.82, 2.24) is 9.47 Å². The Morgan fingerprint density at radius 2 is 2.00 bits per heavy atom. The smallest absolute Gasteiger partial charge is 0.264 e. The average Bonchev–Trinajstić information content (AvgIpc) is 2.96. The van der Waals surface area contributed by atoms with Crippen LogP contribution in [0.1, 0.15) is 47.8 Å². The summed E-state index contributed by atoms with van der Waals surface area (Å²) in [6.07, 6.45) is 2.58. The van der Waals surface area contributed by atoms with Crippen molar-refractivity contribution >= 4 is 49.5 Å². The highest BCUT2D eigenvalue weighted by Gasteiger charge is 2.37. The van der Waals surface area contributed by atoms with Crippen LogP contribution in [0.4, 0.5) is 4.39 Å². The molecular weight excluding hydrogens is 510 g/mol. The second-order valence-corrected chi connectivity index (χ2v) is 10.4. The molecule has 1 aliphatic rings. The van der Waals surface area contributed by atoms with E-state index in [1.165, 1.54) is 12.1 Å². The van der Waals surface area contributed by atoms with Gasteiger partial charge in [0.05, 0.1) is 28.2 Å². The molecule has 0 saturated heterocycles. The third-order valence-electron chi connectivity index (χ3n) is 5.45. The number of halogens is 2. The largest absolute Gasteiger partial charge is 0.343 e. The number of fused-ring (bicyclic) bond motifs is 3. The Morgan fingerprint density at radius 1 is 1.31 bits per heavy atom. The first kappa shape index (κ1) is 22.5. The van der Waals surface area contributed by atoms with E-state index < -0.39 is 10.1 Å². The highest BCUT2D eigenvalue weighted by atomic mass is 127. The lowest BCUT2D eigenvalue weighted by Gasteiger charge is -2.31. The van der Waals surface area contributed by atoms with Gasteiger partial charge in [0.1, 0.15) is 5.82 Å². The van der Waals surface area contributed by atoms with Crippen LogP contribution in [0.3, 0.4) is 0 Å². The van der Waals surface area contributed by atoms with Crippen molar-refractivity contribution in [2.75, 3.05) is 26.0 Å². The quantitative estimate of drug-likeness (QED) is 0.305. The van der Waals surface area contributed by atoms with Gasteiger partial charge in [-0.15, -0.1) is 0 Å². The van der Waals surface area contributed by atoms with Gasteiger partial charge in [0.25, 0.3) is 10.1 Å².